The third-order valence-electron chi connectivity index (χ3n) is 5.48. The number of carbonyl (C=O) groups is 1. The van der Waals surface area contributed by atoms with Gasteiger partial charge in [-0.1, -0.05) is 62.4 Å². The van der Waals surface area contributed by atoms with Gasteiger partial charge in [-0.25, -0.2) is 4.39 Å². The lowest BCUT2D eigenvalue weighted by Gasteiger charge is -2.16. The summed E-state index contributed by atoms with van der Waals surface area (Å²) in [5.74, 6) is -1.18. The molecule has 5 nitrogen and oxygen atoms in total. The Morgan fingerprint density at radius 3 is 2.45 bits per heavy atom. The second kappa shape index (κ2) is 9.28. The van der Waals surface area contributed by atoms with Gasteiger partial charge in [0.25, 0.3) is 11.5 Å². The predicted molar refractivity (Wildman–Crippen MR) is 128 cm³/mol. The standard InChI is InChI=1S/C27H25FN2O3/c1-17(2)16-30-23-9-4-3-8-22(23)24(25(31)27(30)33)26(32)29-15-18-6-5-7-20(14-18)19-10-12-21(28)13-11-19/h3-14,17,31H,15-16H2,1-2H3,(H,29,32). The third-order valence-corrected chi connectivity index (χ3v) is 5.48. The summed E-state index contributed by atoms with van der Waals surface area (Å²) in [6.45, 7) is 4.61. The van der Waals surface area contributed by atoms with Gasteiger partial charge >= 0.3 is 0 Å². The molecule has 1 amide bonds. The number of para-hydroxylation sites is 1. The highest BCUT2D eigenvalue weighted by Gasteiger charge is 2.21. The summed E-state index contributed by atoms with van der Waals surface area (Å²) in [5, 5.41) is 14.0. The first-order valence-electron chi connectivity index (χ1n) is 10.8. The first-order valence-corrected chi connectivity index (χ1v) is 10.8. The second-order valence-corrected chi connectivity index (χ2v) is 8.44. The molecule has 6 heteroatoms. The number of hydrogen-bond donors (Lipinski definition) is 2. The number of benzene rings is 3. The molecule has 0 saturated heterocycles. The van der Waals surface area contributed by atoms with Crippen molar-refractivity contribution in [1.82, 2.24) is 9.88 Å². The van der Waals surface area contributed by atoms with Crippen LogP contribution >= 0.6 is 0 Å². The summed E-state index contributed by atoms with van der Waals surface area (Å²) >= 11 is 0. The molecule has 1 aromatic heterocycles. The molecule has 0 bridgehead atoms. The van der Waals surface area contributed by atoms with Crippen LogP contribution in [-0.4, -0.2) is 15.6 Å². The Morgan fingerprint density at radius 1 is 1.00 bits per heavy atom. The maximum atomic E-state index is 13.2. The molecule has 0 aliphatic rings. The highest BCUT2D eigenvalue weighted by Crippen LogP contribution is 2.25. The van der Waals surface area contributed by atoms with Crippen LogP contribution in [0.5, 0.6) is 5.75 Å². The van der Waals surface area contributed by atoms with Crippen molar-refractivity contribution in [2.24, 2.45) is 5.92 Å². The van der Waals surface area contributed by atoms with Gasteiger partial charge in [-0.3, -0.25) is 9.59 Å². The Labute approximate surface area is 191 Å². The molecule has 33 heavy (non-hydrogen) atoms. The summed E-state index contributed by atoms with van der Waals surface area (Å²) < 4.78 is 14.7. The normalized spacial score (nSPS) is 11.2. The number of fused-ring (bicyclic) bond motifs is 1. The van der Waals surface area contributed by atoms with E-state index in [1.165, 1.54) is 16.7 Å². The minimum atomic E-state index is -0.578. The highest BCUT2D eigenvalue weighted by molar-refractivity contribution is 6.08. The highest BCUT2D eigenvalue weighted by atomic mass is 19.1. The molecular weight excluding hydrogens is 419 g/mol. The van der Waals surface area contributed by atoms with E-state index in [0.29, 0.717) is 17.4 Å². The molecule has 0 spiro atoms. The fourth-order valence-electron chi connectivity index (χ4n) is 3.94. The molecule has 3 aromatic carbocycles. The van der Waals surface area contributed by atoms with Crippen LogP contribution in [0.2, 0.25) is 0 Å². The van der Waals surface area contributed by atoms with Crippen molar-refractivity contribution in [3.8, 4) is 16.9 Å². The van der Waals surface area contributed by atoms with Crippen LogP contribution in [0.4, 0.5) is 4.39 Å². The molecule has 4 rings (SSSR count). The van der Waals surface area contributed by atoms with E-state index in [0.717, 1.165) is 16.7 Å². The molecule has 4 aromatic rings. The van der Waals surface area contributed by atoms with Gasteiger partial charge in [0.2, 0.25) is 0 Å². The maximum Gasteiger partial charge on any atom is 0.294 e. The summed E-state index contributed by atoms with van der Waals surface area (Å²) in [7, 11) is 0. The minimum absolute atomic E-state index is 0.0229. The molecule has 0 saturated carbocycles. The topological polar surface area (TPSA) is 71.3 Å². The zero-order valence-electron chi connectivity index (χ0n) is 18.5. The van der Waals surface area contributed by atoms with Gasteiger partial charge in [-0.2, -0.15) is 0 Å². The van der Waals surface area contributed by atoms with Gasteiger partial charge < -0.3 is 15.0 Å². The zero-order valence-corrected chi connectivity index (χ0v) is 18.5. The minimum Gasteiger partial charge on any atom is -0.502 e. The molecule has 1 heterocycles. The summed E-state index contributed by atoms with van der Waals surface area (Å²) in [6.07, 6.45) is 0. The Hall–Kier alpha value is -3.93. The van der Waals surface area contributed by atoms with Gasteiger partial charge in [0.15, 0.2) is 5.75 Å². The first-order chi connectivity index (χ1) is 15.8. The van der Waals surface area contributed by atoms with E-state index in [4.69, 9.17) is 0 Å². The van der Waals surface area contributed by atoms with Gasteiger partial charge in [0.1, 0.15) is 5.82 Å². The van der Waals surface area contributed by atoms with Gasteiger partial charge in [-0.15, -0.1) is 0 Å². The van der Waals surface area contributed by atoms with Crippen LogP contribution < -0.4 is 10.9 Å². The first kappa shape index (κ1) is 22.3. The molecule has 168 valence electrons. The van der Waals surface area contributed by atoms with Crippen molar-refractivity contribution >= 4 is 16.8 Å². The number of aromatic hydroxyl groups is 1. The maximum absolute atomic E-state index is 13.2. The van der Waals surface area contributed by atoms with Crippen molar-refractivity contribution in [3.63, 3.8) is 0 Å². The van der Waals surface area contributed by atoms with Crippen molar-refractivity contribution in [2.45, 2.75) is 26.9 Å². The van der Waals surface area contributed by atoms with Crippen molar-refractivity contribution in [3.05, 3.63) is 100 Å². The number of aromatic nitrogens is 1. The molecular formula is C27H25FN2O3. The summed E-state index contributed by atoms with van der Waals surface area (Å²) in [5.41, 5.74) is 2.60. The van der Waals surface area contributed by atoms with Crippen molar-refractivity contribution < 1.29 is 14.3 Å². The van der Waals surface area contributed by atoms with Crippen LogP contribution in [0.15, 0.2) is 77.6 Å². The van der Waals surface area contributed by atoms with Crippen LogP contribution in [0.3, 0.4) is 0 Å². The van der Waals surface area contributed by atoms with Gasteiger partial charge in [-0.05, 0) is 46.9 Å². The number of rotatable bonds is 6. The molecule has 0 aliphatic carbocycles. The van der Waals surface area contributed by atoms with Crippen LogP contribution in [0, 0.1) is 11.7 Å². The molecule has 2 N–H and O–H groups in total. The Kier molecular flexibility index (Phi) is 6.27. The number of hydrogen-bond acceptors (Lipinski definition) is 3. The van der Waals surface area contributed by atoms with E-state index < -0.39 is 17.2 Å². The van der Waals surface area contributed by atoms with Crippen molar-refractivity contribution in [1.29, 1.82) is 0 Å². The lowest BCUT2D eigenvalue weighted by atomic mass is 10.0. The van der Waals surface area contributed by atoms with E-state index in [-0.39, 0.29) is 23.8 Å². The van der Waals surface area contributed by atoms with Crippen molar-refractivity contribution in [2.75, 3.05) is 0 Å². The van der Waals surface area contributed by atoms with E-state index in [1.807, 2.05) is 38.1 Å². The average molecular weight is 445 g/mol. The zero-order chi connectivity index (χ0) is 23.5. The molecule has 0 fully saturated rings. The summed E-state index contributed by atoms with van der Waals surface area (Å²) in [4.78, 5) is 25.9. The van der Waals surface area contributed by atoms with Gasteiger partial charge in [0.05, 0.1) is 11.1 Å². The largest absolute Gasteiger partial charge is 0.502 e. The third kappa shape index (κ3) is 4.65. The lowest BCUT2D eigenvalue weighted by molar-refractivity contribution is 0.0949. The molecule has 0 radical (unpaired) electrons. The van der Waals surface area contributed by atoms with E-state index in [2.05, 4.69) is 5.32 Å². The van der Waals surface area contributed by atoms with E-state index >= 15 is 0 Å². The van der Waals surface area contributed by atoms with Crippen LogP contribution in [0.1, 0.15) is 29.8 Å². The predicted octanol–water partition coefficient (Wildman–Crippen LogP) is 5.10. The Balaban J connectivity index is 1.63. The van der Waals surface area contributed by atoms with E-state index in [1.54, 1.807) is 36.4 Å². The summed E-state index contributed by atoms with van der Waals surface area (Å²) in [6, 6.07) is 20.8. The quantitative estimate of drug-likeness (QED) is 0.435. The second-order valence-electron chi connectivity index (χ2n) is 8.44. The number of nitrogens with one attached hydrogen (secondary N) is 1. The SMILES string of the molecule is CC(C)Cn1c(=O)c(O)c(C(=O)NCc2cccc(-c3ccc(F)cc3)c2)c2ccccc21. The monoisotopic (exact) mass is 444 g/mol. The average Bonchev–Trinajstić information content (AvgIpc) is 2.81. The lowest BCUT2D eigenvalue weighted by Crippen LogP contribution is -2.29. The molecule has 0 atom stereocenters. The van der Waals surface area contributed by atoms with E-state index in [9.17, 15) is 19.1 Å². The molecule has 0 unspecified atom stereocenters. The number of carbonyl (C=O) groups excluding carboxylic acids is 1. The smallest absolute Gasteiger partial charge is 0.294 e. The Morgan fingerprint density at radius 2 is 1.73 bits per heavy atom. The Bertz CT molecular complexity index is 1370. The fourth-order valence-corrected chi connectivity index (χ4v) is 3.94. The number of nitrogens with zero attached hydrogens (tertiary/aromatic N) is 1. The van der Waals surface area contributed by atoms with Crippen LogP contribution in [0.25, 0.3) is 22.0 Å². The number of halogens is 1. The van der Waals surface area contributed by atoms with Gasteiger partial charge in [0, 0.05) is 18.5 Å². The molecule has 0 aliphatic heterocycles. The number of amides is 1. The number of pyridine rings is 1. The fraction of sp³-hybridized carbons (Fsp3) is 0.185. The van der Waals surface area contributed by atoms with Crippen LogP contribution in [-0.2, 0) is 13.1 Å².